The summed E-state index contributed by atoms with van der Waals surface area (Å²) in [5, 5.41) is 8.64. The van der Waals surface area contributed by atoms with Crippen LogP contribution in [-0.4, -0.2) is 29.8 Å². The maximum atomic E-state index is 8.64. The van der Waals surface area contributed by atoms with Crippen molar-refractivity contribution in [3.05, 3.63) is 29.3 Å². The van der Waals surface area contributed by atoms with Gasteiger partial charge in [0.05, 0.1) is 6.61 Å². The molecule has 96 valence electrons. The van der Waals surface area contributed by atoms with Gasteiger partial charge in [0.25, 0.3) is 0 Å². The first-order chi connectivity index (χ1) is 8.24. The first kappa shape index (κ1) is 14.4. The van der Waals surface area contributed by atoms with Crippen LogP contribution >= 0.6 is 11.8 Å². The number of benzene rings is 1. The molecule has 1 rings (SSSR count). The van der Waals surface area contributed by atoms with E-state index in [1.165, 1.54) is 11.1 Å². The molecule has 3 heteroatoms. The maximum Gasteiger partial charge on any atom is 0.122 e. The molecule has 17 heavy (non-hydrogen) atoms. The van der Waals surface area contributed by atoms with E-state index in [9.17, 15) is 0 Å². The van der Waals surface area contributed by atoms with Crippen LogP contribution in [-0.2, 0) is 0 Å². The van der Waals surface area contributed by atoms with Crippen LogP contribution in [0.1, 0.15) is 24.0 Å². The van der Waals surface area contributed by atoms with Gasteiger partial charge in [-0.1, -0.05) is 12.1 Å². The molecule has 0 aromatic heterocycles. The normalized spacial score (nSPS) is 10.5. The van der Waals surface area contributed by atoms with E-state index >= 15 is 0 Å². The Labute approximate surface area is 108 Å². The predicted molar refractivity (Wildman–Crippen MR) is 75.1 cm³/mol. The lowest BCUT2D eigenvalue weighted by molar-refractivity contribution is 0.296. The van der Waals surface area contributed by atoms with Crippen molar-refractivity contribution < 1.29 is 9.84 Å². The van der Waals surface area contributed by atoms with Gasteiger partial charge < -0.3 is 9.84 Å². The van der Waals surface area contributed by atoms with Crippen LogP contribution in [0.3, 0.4) is 0 Å². The predicted octanol–water partition coefficient (Wildman–Crippen LogP) is 3.19. The van der Waals surface area contributed by atoms with Crippen molar-refractivity contribution in [3.8, 4) is 5.75 Å². The van der Waals surface area contributed by atoms with Gasteiger partial charge in [-0.05, 0) is 55.4 Å². The summed E-state index contributed by atoms with van der Waals surface area (Å²) >= 11 is 1.88. The summed E-state index contributed by atoms with van der Waals surface area (Å²) in [4.78, 5) is 0. The lowest BCUT2D eigenvalue weighted by Gasteiger charge is -2.09. The number of thioether (sulfide) groups is 1. The van der Waals surface area contributed by atoms with Crippen LogP contribution in [0.4, 0.5) is 0 Å². The Balaban J connectivity index is 2.15. The molecule has 1 aromatic rings. The van der Waals surface area contributed by atoms with Gasteiger partial charge in [-0.25, -0.2) is 0 Å². The van der Waals surface area contributed by atoms with E-state index in [2.05, 4.69) is 32.0 Å². The molecule has 1 N–H and O–H groups in total. The van der Waals surface area contributed by atoms with Crippen molar-refractivity contribution in [2.24, 2.45) is 0 Å². The number of hydrogen-bond donors (Lipinski definition) is 1. The molecule has 0 bridgehead atoms. The summed E-state index contributed by atoms with van der Waals surface area (Å²) in [7, 11) is 0. The van der Waals surface area contributed by atoms with Gasteiger partial charge >= 0.3 is 0 Å². The number of rotatable bonds is 8. The summed E-state index contributed by atoms with van der Waals surface area (Å²) < 4.78 is 5.76. The summed E-state index contributed by atoms with van der Waals surface area (Å²) in [5.41, 5.74) is 2.44. The number of ether oxygens (including phenoxy) is 1. The summed E-state index contributed by atoms with van der Waals surface area (Å²) in [5.74, 6) is 3.15. The smallest absolute Gasteiger partial charge is 0.122 e. The fourth-order valence-corrected chi connectivity index (χ4v) is 2.33. The maximum absolute atomic E-state index is 8.64. The third kappa shape index (κ3) is 5.99. The second-order valence-electron chi connectivity index (χ2n) is 4.16. The molecular formula is C14H22O2S. The molecule has 0 aliphatic heterocycles. The van der Waals surface area contributed by atoms with Gasteiger partial charge in [0.1, 0.15) is 5.75 Å². The van der Waals surface area contributed by atoms with Crippen molar-refractivity contribution in [1.29, 1.82) is 0 Å². The highest BCUT2D eigenvalue weighted by Gasteiger charge is 1.99. The molecule has 2 nitrogen and oxygen atoms in total. The van der Waals surface area contributed by atoms with Crippen LogP contribution in [0, 0.1) is 13.8 Å². The Morgan fingerprint density at radius 3 is 2.71 bits per heavy atom. The fraction of sp³-hybridized carbons (Fsp3) is 0.571. The highest BCUT2D eigenvalue weighted by Crippen LogP contribution is 2.19. The van der Waals surface area contributed by atoms with Crippen molar-refractivity contribution in [2.45, 2.75) is 26.7 Å². The highest BCUT2D eigenvalue weighted by atomic mass is 32.2. The van der Waals surface area contributed by atoms with E-state index in [0.29, 0.717) is 6.61 Å². The van der Waals surface area contributed by atoms with E-state index in [4.69, 9.17) is 9.84 Å². The van der Waals surface area contributed by atoms with Crippen LogP contribution in [0.15, 0.2) is 18.2 Å². The zero-order chi connectivity index (χ0) is 12.5. The standard InChI is InChI=1S/C14H22O2S/c1-12-5-6-13(2)14(11-12)16-8-4-10-17-9-3-7-15/h5-6,11,15H,3-4,7-10H2,1-2H3. The largest absolute Gasteiger partial charge is 0.493 e. The molecule has 0 saturated heterocycles. The Morgan fingerprint density at radius 2 is 1.94 bits per heavy atom. The zero-order valence-corrected chi connectivity index (χ0v) is 11.6. The molecule has 0 aliphatic rings. The lowest BCUT2D eigenvalue weighted by atomic mass is 10.1. The molecule has 0 heterocycles. The lowest BCUT2D eigenvalue weighted by Crippen LogP contribution is -2.01. The van der Waals surface area contributed by atoms with E-state index in [1.807, 2.05) is 11.8 Å². The van der Waals surface area contributed by atoms with Crippen molar-refractivity contribution in [1.82, 2.24) is 0 Å². The Bertz CT molecular complexity index is 326. The zero-order valence-electron chi connectivity index (χ0n) is 10.7. The minimum Gasteiger partial charge on any atom is -0.493 e. The summed E-state index contributed by atoms with van der Waals surface area (Å²) in [6.07, 6.45) is 1.95. The average Bonchev–Trinajstić information content (AvgIpc) is 2.32. The van der Waals surface area contributed by atoms with E-state index in [-0.39, 0.29) is 0 Å². The number of hydrogen-bond acceptors (Lipinski definition) is 3. The average molecular weight is 254 g/mol. The number of aliphatic hydroxyl groups is 1. The molecule has 0 radical (unpaired) electrons. The summed E-state index contributed by atoms with van der Waals surface area (Å²) in [6, 6.07) is 6.29. The van der Waals surface area contributed by atoms with E-state index < -0.39 is 0 Å². The molecule has 0 spiro atoms. The second kappa shape index (κ2) is 8.43. The molecule has 0 saturated carbocycles. The molecule has 0 unspecified atom stereocenters. The van der Waals surface area contributed by atoms with E-state index in [1.54, 1.807) is 0 Å². The quantitative estimate of drug-likeness (QED) is 0.722. The van der Waals surface area contributed by atoms with Crippen molar-refractivity contribution >= 4 is 11.8 Å². The topological polar surface area (TPSA) is 29.5 Å². The van der Waals surface area contributed by atoms with Crippen LogP contribution in [0.25, 0.3) is 0 Å². The molecule has 0 atom stereocenters. The minimum atomic E-state index is 0.298. The molecule has 0 fully saturated rings. The van der Waals surface area contributed by atoms with Gasteiger partial charge in [0.2, 0.25) is 0 Å². The summed E-state index contributed by atoms with van der Waals surface area (Å²) in [6.45, 7) is 5.23. The van der Waals surface area contributed by atoms with Gasteiger partial charge in [0, 0.05) is 6.61 Å². The minimum absolute atomic E-state index is 0.298. The molecule has 1 aromatic carbocycles. The molecule has 0 aliphatic carbocycles. The number of aryl methyl sites for hydroxylation is 2. The van der Waals surface area contributed by atoms with Gasteiger partial charge in [0.15, 0.2) is 0 Å². The third-order valence-corrected chi connectivity index (χ3v) is 3.64. The molecule has 0 amide bonds. The van der Waals surface area contributed by atoms with Gasteiger partial charge in [-0.2, -0.15) is 11.8 Å². The SMILES string of the molecule is Cc1ccc(C)c(OCCCSCCCO)c1. The Morgan fingerprint density at radius 1 is 1.18 bits per heavy atom. The van der Waals surface area contributed by atoms with Gasteiger partial charge in [-0.15, -0.1) is 0 Å². The van der Waals surface area contributed by atoms with Crippen molar-refractivity contribution in [3.63, 3.8) is 0 Å². The number of aliphatic hydroxyl groups excluding tert-OH is 1. The third-order valence-electron chi connectivity index (χ3n) is 2.48. The first-order valence-electron chi connectivity index (χ1n) is 6.12. The highest BCUT2D eigenvalue weighted by molar-refractivity contribution is 7.99. The second-order valence-corrected chi connectivity index (χ2v) is 5.39. The van der Waals surface area contributed by atoms with Crippen LogP contribution in [0.5, 0.6) is 5.75 Å². The van der Waals surface area contributed by atoms with Crippen LogP contribution in [0.2, 0.25) is 0 Å². The Hall–Kier alpha value is -0.670. The van der Waals surface area contributed by atoms with Crippen molar-refractivity contribution in [2.75, 3.05) is 24.7 Å². The van der Waals surface area contributed by atoms with Gasteiger partial charge in [-0.3, -0.25) is 0 Å². The van der Waals surface area contributed by atoms with E-state index in [0.717, 1.165) is 36.7 Å². The van der Waals surface area contributed by atoms with Crippen LogP contribution < -0.4 is 4.74 Å². The Kier molecular flexibility index (Phi) is 7.13. The fourth-order valence-electron chi connectivity index (χ4n) is 1.47. The monoisotopic (exact) mass is 254 g/mol. The molecular weight excluding hydrogens is 232 g/mol. The first-order valence-corrected chi connectivity index (χ1v) is 7.28.